The Balaban J connectivity index is 1.39. The number of amides is 1. The summed E-state index contributed by atoms with van der Waals surface area (Å²) in [4.78, 5) is 14.5. The number of nitrogens with one attached hydrogen (secondary N) is 2. The van der Waals surface area contributed by atoms with Crippen molar-refractivity contribution in [3.8, 4) is 0 Å². The van der Waals surface area contributed by atoms with Gasteiger partial charge in [0.2, 0.25) is 11.0 Å². The molecule has 1 aliphatic heterocycles. The zero-order chi connectivity index (χ0) is 19.8. The van der Waals surface area contributed by atoms with E-state index < -0.39 is 0 Å². The number of carbonyl (C=O) groups excluding carboxylic acids is 1. The van der Waals surface area contributed by atoms with Gasteiger partial charge in [-0.15, -0.1) is 10.2 Å². The maximum absolute atomic E-state index is 12.2. The summed E-state index contributed by atoms with van der Waals surface area (Å²) in [6.07, 6.45) is 1.47. The lowest BCUT2D eigenvalue weighted by molar-refractivity contribution is -0.115. The number of aromatic nitrogens is 2. The number of hydrogen-bond acceptors (Lipinski definition) is 8. The monoisotopic (exact) mass is 421 g/mol. The van der Waals surface area contributed by atoms with E-state index in [9.17, 15) is 4.79 Å². The van der Waals surface area contributed by atoms with Gasteiger partial charge in [-0.25, -0.2) is 0 Å². The quantitative estimate of drug-likeness (QED) is 0.598. The molecule has 1 unspecified atom stereocenters. The molecule has 2 heterocycles. The highest BCUT2D eigenvalue weighted by Crippen LogP contribution is 2.26. The van der Waals surface area contributed by atoms with Crippen molar-refractivity contribution in [2.24, 2.45) is 0 Å². The summed E-state index contributed by atoms with van der Waals surface area (Å²) in [5, 5.41) is 15.4. The van der Waals surface area contributed by atoms with Crippen molar-refractivity contribution in [1.29, 1.82) is 0 Å². The average molecular weight is 422 g/mol. The van der Waals surface area contributed by atoms with Crippen molar-refractivity contribution in [1.82, 2.24) is 10.2 Å². The summed E-state index contributed by atoms with van der Waals surface area (Å²) in [5.74, 6) is 0.685. The fourth-order valence-electron chi connectivity index (χ4n) is 2.67. The lowest BCUT2D eigenvalue weighted by Gasteiger charge is -2.28. The Morgan fingerprint density at radius 3 is 2.75 bits per heavy atom. The number of rotatable bonds is 9. The lowest BCUT2D eigenvalue weighted by atomic mass is 10.2. The van der Waals surface area contributed by atoms with Gasteiger partial charge in [-0.2, -0.15) is 0 Å². The third kappa shape index (κ3) is 6.35. The van der Waals surface area contributed by atoms with Crippen LogP contribution >= 0.6 is 23.1 Å². The van der Waals surface area contributed by atoms with E-state index in [1.807, 2.05) is 24.3 Å². The van der Waals surface area contributed by atoms with Crippen molar-refractivity contribution in [2.75, 3.05) is 47.6 Å². The average Bonchev–Trinajstić information content (AvgIpc) is 3.16. The predicted octanol–water partition coefficient (Wildman–Crippen LogP) is 3.71. The molecule has 7 nitrogen and oxygen atoms in total. The van der Waals surface area contributed by atoms with E-state index in [0.29, 0.717) is 18.2 Å². The van der Waals surface area contributed by atoms with Gasteiger partial charge in [-0.3, -0.25) is 4.79 Å². The number of thioether (sulfide) groups is 1. The van der Waals surface area contributed by atoms with Crippen LogP contribution in [0.2, 0.25) is 0 Å². The SMILES string of the molecule is CCC(C)Nc1nnc(SCCC(=O)Nc2ccc(N3CCOCC3)cc2)s1. The highest BCUT2D eigenvalue weighted by Gasteiger charge is 2.12. The lowest BCUT2D eigenvalue weighted by Crippen LogP contribution is -2.36. The first-order valence-electron chi connectivity index (χ1n) is 9.59. The Morgan fingerprint density at radius 1 is 1.29 bits per heavy atom. The Hall–Kier alpha value is -1.84. The van der Waals surface area contributed by atoms with Crippen molar-refractivity contribution >= 4 is 45.5 Å². The maximum Gasteiger partial charge on any atom is 0.225 e. The summed E-state index contributed by atoms with van der Waals surface area (Å²) < 4.78 is 6.26. The fourth-order valence-corrected chi connectivity index (χ4v) is 4.54. The molecule has 0 bridgehead atoms. The van der Waals surface area contributed by atoms with Crippen LogP contribution in [0.3, 0.4) is 0 Å². The third-order valence-electron chi connectivity index (χ3n) is 4.47. The molecule has 1 atom stereocenters. The first kappa shape index (κ1) is 20.9. The Bertz CT molecular complexity index is 747. The van der Waals surface area contributed by atoms with Gasteiger partial charge in [-0.1, -0.05) is 30.0 Å². The van der Waals surface area contributed by atoms with Gasteiger partial charge in [-0.05, 0) is 37.6 Å². The molecule has 1 fully saturated rings. The fraction of sp³-hybridized carbons (Fsp3) is 0.526. The van der Waals surface area contributed by atoms with E-state index in [0.717, 1.165) is 53.6 Å². The van der Waals surface area contributed by atoms with Gasteiger partial charge < -0.3 is 20.3 Å². The third-order valence-corrected chi connectivity index (χ3v) is 6.46. The van der Waals surface area contributed by atoms with E-state index in [1.54, 1.807) is 11.8 Å². The van der Waals surface area contributed by atoms with Gasteiger partial charge in [0.25, 0.3) is 0 Å². The van der Waals surface area contributed by atoms with E-state index in [2.05, 4.69) is 39.6 Å². The van der Waals surface area contributed by atoms with Crippen LogP contribution < -0.4 is 15.5 Å². The Morgan fingerprint density at radius 2 is 2.04 bits per heavy atom. The van der Waals surface area contributed by atoms with E-state index in [1.165, 1.54) is 11.3 Å². The molecular weight excluding hydrogens is 394 g/mol. The second-order valence-electron chi connectivity index (χ2n) is 6.62. The van der Waals surface area contributed by atoms with Crippen molar-refractivity contribution in [2.45, 2.75) is 37.1 Å². The number of hydrogen-bond donors (Lipinski definition) is 2. The normalized spacial score (nSPS) is 15.3. The Kier molecular flexibility index (Phi) is 7.93. The molecule has 0 radical (unpaired) electrons. The minimum absolute atomic E-state index is 0.00842. The van der Waals surface area contributed by atoms with Crippen molar-refractivity contribution in [3.05, 3.63) is 24.3 Å². The van der Waals surface area contributed by atoms with Crippen molar-refractivity contribution < 1.29 is 9.53 Å². The first-order chi connectivity index (χ1) is 13.6. The second kappa shape index (κ2) is 10.6. The summed E-state index contributed by atoms with van der Waals surface area (Å²) >= 11 is 3.09. The standard InChI is InChI=1S/C19H27N5O2S2/c1-3-14(2)20-18-22-23-19(28-18)27-13-8-17(25)21-15-4-6-16(7-5-15)24-9-11-26-12-10-24/h4-7,14H,3,8-13H2,1-2H3,(H,20,22)(H,21,25). The molecule has 1 aliphatic rings. The van der Waals surface area contributed by atoms with Crippen LogP contribution in [-0.2, 0) is 9.53 Å². The van der Waals surface area contributed by atoms with Crippen LogP contribution in [-0.4, -0.2) is 54.2 Å². The van der Waals surface area contributed by atoms with Gasteiger partial charge in [0.05, 0.1) is 13.2 Å². The molecule has 152 valence electrons. The molecule has 1 amide bonds. The zero-order valence-corrected chi connectivity index (χ0v) is 17.9. The van der Waals surface area contributed by atoms with Gasteiger partial charge in [0.1, 0.15) is 0 Å². The highest BCUT2D eigenvalue weighted by atomic mass is 32.2. The minimum atomic E-state index is 0.00842. The molecule has 0 spiro atoms. The smallest absolute Gasteiger partial charge is 0.225 e. The summed E-state index contributed by atoms with van der Waals surface area (Å²) in [5.41, 5.74) is 1.98. The number of nitrogens with zero attached hydrogens (tertiary/aromatic N) is 3. The Labute approximate surface area is 174 Å². The molecule has 0 aliphatic carbocycles. The zero-order valence-electron chi connectivity index (χ0n) is 16.3. The highest BCUT2D eigenvalue weighted by molar-refractivity contribution is 8.01. The van der Waals surface area contributed by atoms with Crippen LogP contribution in [0, 0.1) is 0 Å². The van der Waals surface area contributed by atoms with Gasteiger partial charge in [0, 0.05) is 42.7 Å². The van der Waals surface area contributed by atoms with E-state index >= 15 is 0 Å². The molecule has 3 rings (SSSR count). The van der Waals surface area contributed by atoms with Crippen LogP contribution in [0.25, 0.3) is 0 Å². The molecule has 0 saturated carbocycles. The number of morpholine rings is 1. The molecule has 1 saturated heterocycles. The number of anilines is 3. The number of carbonyl (C=O) groups is 1. The van der Waals surface area contributed by atoms with Crippen LogP contribution in [0.1, 0.15) is 26.7 Å². The number of ether oxygens (including phenoxy) is 1. The van der Waals surface area contributed by atoms with Crippen LogP contribution in [0.4, 0.5) is 16.5 Å². The second-order valence-corrected chi connectivity index (χ2v) is 8.94. The van der Waals surface area contributed by atoms with Gasteiger partial charge in [0.15, 0.2) is 4.34 Å². The van der Waals surface area contributed by atoms with Crippen LogP contribution in [0.15, 0.2) is 28.6 Å². The molecule has 2 aromatic rings. The maximum atomic E-state index is 12.2. The van der Waals surface area contributed by atoms with E-state index in [4.69, 9.17) is 4.74 Å². The van der Waals surface area contributed by atoms with Gasteiger partial charge >= 0.3 is 0 Å². The predicted molar refractivity (Wildman–Crippen MR) is 117 cm³/mol. The number of benzene rings is 1. The summed E-state index contributed by atoms with van der Waals surface area (Å²) in [7, 11) is 0. The largest absolute Gasteiger partial charge is 0.378 e. The van der Waals surface area contributed by atoms with E-state index in [-0.39, 0.29) is 5.91 Å². The molecule has 28 heavy (non-hydrogen) atoms. The summed E-state index contributed by atoms with van der Waals surface area (Å²) in [6.45, 7) is 7.58. The summed E-state index contributed by atoms with van der Waals surface area (Å²) in [6, 6.07) is 8.37. The molecule has 9 heteroatoms. The molecule has 1 aromatic carbocycles. The first-order valence-corrected chi connectivity index (χ1v) is 11.4. The van der Waals surface area contributed by atoms with Crippen LogP contribution in [0.5, 0.6) is 0 Å². The van der Waals surface area contributed by atoms with Crippen molar-refractivity contribution in [3.63, 3.8) is 0 Å². The molecule has 2 N–H and O–H groups in total. The molecular formula is C19H27N5O2S2. The molecule has 1 aromatic heterocycles. The minimum Gasteiger partial charge on any atom is -0.378 e. The topological polar surface area (TPSA) is 79.4 Å².